The molecular weight excluding hydrogens is 502 g/mol. The van der Waals surface area contributed by atoms with E-state index in [0.29, 0.717) is 23.8 Å². The van der Waals surface area contributed by atoms with Crippen LogP contribution in [-0.4, -0.2) is 38.7 Å². The van der Waals surface area contributed by atoms with Crippen LogP contribution < -0.4 is 10.3 Å². The first kappa shape index (κ1) is 21.4. The molecule has 6 nitrogen and oxygen atoms in total. The number of aromatic nitrogens is 3. The smallest absolute Gasteiger partial charge is 0.366 e. The number of aliphatic hydroxyl groups is 1. The van der Waals surface area contributed by atoms with Crippen LogP contribution in [0.1, 0.15) is 5.56 Å². The fourth-order valence-electron chi connectivity index (χ4n) is 3.77. The maximum Gasteiger partial charge on any atom is 0.366 e. The zero-order valence-electron chi connectivity index (χ0n) is 17.5. The van der Waals surface area contributed by atoms with E-state index >= 15 is 0 Å². The Morgan fingerprint density at radius 2 is 1.85 bits per heavy atom. The monoisotopic (exact) mass is 520 g/mol. The first-order chi connectivity index (χ1) is 16.1. The third-order valence-corrected chi connectivity index (χ3v) is 6.24. The van der Waals surface area contributed by atoms with E-state index in [1.807, 2.05) is 72.8 Å². The summed E-state index contributed by atoms with van der Waals surface area (Å²) in [6, 6.07) is 23.4. The summed E-state index contributed by atoms with van der Waals surface area (Å²) in [6.45, 7) is 1.05. The SMILES string of the molecule is OC(=[NH+]CCNc1cc(-c2ccccc2Cl)nc2c(Br)cnn12)c1cccc2ccccc12. The van der Waals surface area contributed by atoms with Crippen molar-refractivity contribution in [3.63, 3.8) is 0 Å². The van der Waals surface area contributed by atoms with Gasteiger partial charge >= 0.3 is 5.90 Å². The molecule has 0 saturated heterocycles. The lowest BCUT2D eigenvalue weighted by molar-refractivity contribution is -0.461. The highest BCUT2D eigenvalue weighted by atomic mass is 79.9. The fourth-order valence-corrected chi connectivity index (χ4v) is 4.35. The Morgan fingerprint density at radius 3 is 2.73 bits per heavy atom. The van der Waals surface area contributed by atoms with E-state index in [-0.39, 0.29) is 5.90 Å². The van der Waals surface area contributed by atoms with E-state index in [1.54, 1.807) is 10.7 Å². The zero-order chi connectivity index (χ0) is 22.8. The van der Waals surface area contributed by atoms with Crippen molar-refractivity contribution in [1.29, 1.82) is 0 Å². The Hall–Kier alpha value is -3.42. The van der Waals surface area contributed by atoms with Crippen molar-refractivity contribution in [2.75, 3.05) is 18.4 Å². The fraction of sp³-hybridized carbons (Fsp3) is 0.0800. The molecule has 0 aliphatic rings. The Labute approximate surface area is 203 Å². The van der Waals surface area contributed by atoms with Crippen LogP contribution in [0.5, 0.6) is 0 Å². The molecule has 5 rings (SSSR count). The molecule has 0 aliphatic carbocycles. The topological polar surface area (TPSA) is 76.4 Å². The Morgan fingerprint density at radius 1 is 1.06 bits per heavy atom. The number of rotatable bonds is 6. The van der Waals surface area contributed by atoms with Crippen LogP contribution in [0.25, 0.3) is 27.7 Å². The molecule has 0 atom stereocenters. The van der Waals surface area contributed by atoms with Crippen molar-refractivity contribution >= 4 is 55.7 Å². The highest BCUT2D eigenvalue weighted by Crippen LogP contribution is 2.30. The summed E-state index contributed by atoms with van der Waals surface area (Å²) in [6.07, 6.45) is 1.71. The Bertz CT molecular complexity index is 1490. The maximum atomic E-state index is 10.6. The molecule has 0 radical (unpaired) electrons. The lowest BCUT2D eigenvalue weighted by Crippen LogP contribution is -2.74. The molecule has 0 unspecified atom stereocenters. The normalized spacial score (nSPS) is 11.9. The van der Waals surface area contributed by atoms with Crippen LogP contribution in [-0.2, 0) is 0 Å². The van der Waals surface area contributed by atoms with Crippen molar-refractivity contribution in [3.05, 3.63) is 94.1 Å². The minimum atomic E-state index is 0.145. The second-order valence-electron chi connectivity index (χ2n) is 7.46. The number of nitrogens with one attached hydrogen (secondary N) is 2. The number of aliphatic hydroxyl groups excluding tert-OH is 1. The van der Waals surface area contributed by atoms with Gasteiger partial charge in [-0.05, 0) is 38.8 Å². The first-order valence-corrected chi connectivity index (χ1v) is 11.6. The molecule has 0 saturated carbocycles. The summed E-state index contributed by atoms with van der Waals surface area (Å²) in [5.74, 6) is 0.916. The van der Waals surface area contributed by atoms with Crippen molar-refractivity contribution in [3.8, 4) is 11.3 Å². The number of nitrogens with zero attached hydrogens (tertiary/aromatic N) is 3. The van der Waals surface area contributed by atoms with Gasteiger partial charge in [-0.3, -0.25) is 0 Å². The summed E-state index contributed by atoms with van der Waals surface area (Å²) in [5, 5.41) is 21.1. The van der Waals surface area contributed by atoms with Gasteiger partial charge in [0.1, 0.15) is 5.82 Å². The molecule has 2 aromatic heterocycles. The largest absolute Gasteiger partial charge is 0.460 e. The molecule has 0 aliphatic heterocycles. The van der Waals surface area contributed by atoms with E-state index in [9.17, 15) is 5.11 Å². The van der Waals surface area contributed by atoms with Gasteiger partial charge < -0.3 is 10.4 Å². The Kier molecular flexibility index (Phi) is 5.98. The quantitative estimate of drug-likeness (QED) is 0.175. The number of fused-ring (bicyclic) bond motifs is 2. The van der Waals surface area contributed by atoms with Gasteiger partial charge in [-0.15, -0.1) is 0 Å². The number of hydrogen-bond donors (Lipinski definition) is 3. The molecule has 0 spiro atoms. The first-order valence-electron chi connectivity index (χ1n) is 10.4. The van der Waals surface area contributed by atoms with E-state index in [0.717, 1.165) is 37.9 Å². The van der Waals surface area contributed by atoms with Crippen molar-refractivity contribution in [2.45, 2.75) is 0 Å². The second kappa shape index (κ2) is 9.21. The van der Waals surface area contributed by atoms with Crippen molar-refractivity contribution in [2.24, 2.45) is 0 Å². The molecule has 3 N–H and O–H groups in total. The number of halogens is 2. The van der Waals surface area contributed by atoms with Crippen LogP contribution in [0.4, 0.5) is 5.82 Å². The molecule has 0 fully saturated rings. The third kappa shape index (κ3) is 4.29. The van der Waals surface area contributed by atoms with Crippen LogP contribution >= 0.6 is 27.5 Å². The van der Waals surface area contributed by atoms with Gasteiger partial charge in [0, 0.05) is 16.7 Å². The average molecular weight is 522 g/mol. The Balaban J connectivity index is 1.39. The molecule has 0 bridgehead atoms. The molecule has 2 heterocycles. The van der Waals surface area contributed by atoms with Crippen LogP contribution in [0.15, 0.2) is 83.5 Å². The minimum absolute atomic E-state index is 0.145. The van der Waals surface area contributed by atoms with Gasteiger partial charge in [-0.25, -0.2) is 9.98 Å². The molecule has 164 valence electrons. The summed E-state index contributed by atoms with van der Waals surface area (Å²) in [5.41, 5.74) is 3.05. The van der Waals surface area contributed by atoms with E-state index < -0.39 is 0 Å². The number of hydrogen-bond acceptors (Lipinski definition) is 3. The van der Waals surface area contributed by atoms with Gasteiger partial charge in [0.15, 0.2) is 12.2 Å². The molecular formula is C25H20BrClN5O+. The molecule has 0 amide bonds. The van der Waals surface area contributed by atoms with Gasteiger partial charge in [0.2, 0.25) is 0 Å². The third-order valence-electron chi connectivity index (χ3n) is 5.35. The highest BCUT2D eigenvalue weighted by molar-refractivity contribution is 9.10. The van der Waals surface area contributed by atoms with Gasteiger partial charge in [-0.1, -0.05) is 66.2 Å². The van der Waals surface area contributed by atoms with Crippen LogP contribution in [0.3, 0.4) is 0 Å². The summed E-state index contributed by atoms with van der Waals surface area (Å²) < 4.78 is 2.53. The molecule has 8 heteroatoms. The van der Waals surface area contributed by atoms with Crippen molar-refractivity contribution < 1.29 is 10.1 Å². The molecule has 3 aromatic carbocycles. The lowest BCUT2D eigenvalue weighted by atomic mass is 10.0. The average Bonchev–Trinajstić information content (AvgIpc) is 3.22. The highest BCUT2D eigenvalue weighted by Gasteiger charge is 2.14. The number of anilines is 1. The predicted octanol–water partition coefficient (Wildman–Crippen LogP) is 4.46. The van der Waals surface area contributed by atoms with Crippen LogP contribution in [0, 0.1) is 0 Å². The number of benzene rings is 3. The van der Waals surface area contributed by atoms with Crippen LogP contribution in [0.2, 0.25) is 5.02 Å². The molecule has 5 aromatic rings. The van der Waals surface area contributed by atoms with E-state index in [4.69, 9.17) is 16.6 Å². The summed E-state index contributed by atoms with van der Waals surface area (Å²) >= 11 is 9.92. The van der Waals surface area contributed by atoms with Gasteiger partial charge in [-0.2, -0.15) is 9.61 Å². The van der Waals surface area contributed by atoms with Gasteiger partial charge in [0.05, 0.1) is 28.5 Å². The summed E-state index contributed by atoms with van der Waals surface area (Å²) in [4.78, 5) is 7.83. The van der Waals surface area contributed by atoms with E-state index in [2.05, 4.69) is 31.3 Å². The zero-order valence-corrected chi connectivity index (χ0v) is 19.8. The maximum absolute atomic E-state index is 10.6. The van der Waals surface area contributed by atoms with E-state index in [1.165, 1.54) is 0 Å². The predicted molar refractivity (Wildman–Crippen MR) is 136 cm³/mol. The van der Waals surface area contributed by atoms with Crippen molar-refractivity contribution in [1.82, 2.24) is 14.6 Å². The standard InChI is InChI=1S/C25H19BrClN5O/c26-20-15-30-32-23(14-22(31-24(20)32)19-9-3-4-11-21(19)27)28-12-13-29-25(33)18-10-5-7-16-6-1-2-8-17(16)18/h1-11,14-15,28H,12-13H2,(H,29,33)/p+1. The van der Waals surface area contributed by atoms with Gasteiger partial charge in [0.25, 0.3) is 0 Å². The molecule has 33 heavy (non-hydrogen) atoms. The second-order valence-corrected chi connectivity index (χ2v) is 8.72. The summed E-state index contributed by atoms with van der Waals surface area (Å²) in [7, 11) is 0. The lowest BCUT2D eigenvalue weighted by Gasteiger charge is -2.10. The minimum Gasteiger partial charge on any atom is -0.460 e.